The van der Waals surface area contributed by atoms with Crippen molar-refractivity contribution in [2.45, 2.75) is 39.2 Å². The van der Waals surface area contributed by atoms with Crippen LogP contribution in [0.4, 0.5) is 0 Å². The fourth-order valence-corrected chi connectivity index (χ4v) is 3.07. The molecule has 0 spiro atoms. The monoisotopic (exact) mass is 260 g/mol. The van der Waals surface area contributed by atoms with Gasteiger partial charge in [0.1, 0.15) is 0 Å². The van der Waals surface area contributed by atoms with Crippen LogP contribution in [-0.4, -0.2) is 12.5 Å². The molecule has 1 aliphatic rings. The van der Waals surface area contributed by atoms with Gasteiger partial charge in [0.25, 0.3) is 0 Å². The summed E-state index contributed by atoms with van der Waals surface area (Å²) in [6.07, 6.45) is 5.38. The zero-order chi connectivity index (χ0) is 13.7. The molecule has 1 aromatic rings. The molecule has 19 heavy (non-hydrogen) atoms. The standard InChI is InChI=1S/C16H24N2O/c1-12-5-4-6-13(9-12)10-18-11-14-7-2-3-8-15(14)16(17)19/h2-3,7-8,12-13,18H,4-6,9-11H2,1H3,(H2,17,19). The Balaban J connectivity index is 1.84. The minimum atomic E-state index is -0.344. The molecule has 0 saturated heterocycles. The number of primary amides is 1. The number of amides is 1. The van der Waals surface area contributed by atoms with E-state index in [9.17, 15) is 4.79 Å². The van der Waals surface area contributed by atoms with Crippen LogP contribution in [0.15, 0.2) is 24.3 Å². The number of nitrogens with two attached hydrogens (primary N) is 1. The first kappa shape index (κ1) is 14.1. The summed E-state index contributed by atoms with van der Waals surface area (Å²) in [5.41, 5.74) is 7.01. The van der Waals surface area contributed by atoms with Crippen LogP contribution in [0.3, 0.4) is 0 Å². The smallest absolute Gasteiger partial charge is 0.249 e. The molecule has 1 saturated carbocycles. The summed E-state index contributed by atoms with van der Waals surface area (Å²) in [7, 11) is 0. The number of nitrogens with one attached hydrogen (secondary N) is 1. The van der Waals surface area contributed by atoms with Crippen molar-refractivity contribution in [1.82, 2.24) is 5.32 Å². The quantitative estimate of drug-likeness (QED) is 0.855. The van der Waals surface area contributed by atoms with Crippen LogP contribution in [0.5, 0.6) is 0 Å². The van der Waals surface area contributed by atoms with Crippen molar-refractivity contribution in [3.8, 4) is 0 Å². The van der Waals surface area contributed by atoms with Crippen LogP contribution in [0.1, 0.15) is 48.5 Å². The summed E-state index contributed by atoms with van der Waals surface area (Å²) in [5, 5.41) is 3.48. The van der Waals surface area contributed by atoms with Crippen molar-refractivity contribution in [3.05, 3.63) is 35.4 Å². The first-order valence-corrected chi connectivity index (χ1v) is 7.25. The largest absolute Gasteiger partial charge is 0.366 e. The second-order valence-electron chi connectivity index (χ2n) is 5.79. The first-order chi connectivity index (χ1) is 9.16. The highest BCUT2D eigenvalue weighted by atomic mass is 16.1. The second-order valence-corrected chi connectivity index (χ2v) is 5.79. The van der Waals surface area contributed by atoms with Gasteiger partial charge in [-0.05, 0) is 42.9 Å². The third kappa shape index (κ3) is 4.06. The topological polar surface area (TPSA) is 55.1 Å². The molecular weight excluding hydrogens is 236 g/mol. The number of carbonyl (C=O) groups excluding carboxylic acids is 1. The molecule has 3 N–H and O–H groups in total. The van der Waals surface area contributed by atoms with Crippen LogP contribution >= 0.6 is 0 Å². The van der Waals surface area contributed by atoms with Gasteiger partial charge in [-0.2, -0.15) is 0 Å². The summed E-state index contributed by atoms with van der Waals surface area (Å²) >= 11 is 0. The highest BCUT2D eigenvalue weighted by Crippen LogP contribution is 2.27. The van der Waals surface area contributed by atoms with E-state index < -0.39 is 0 Å². The van der Waals surface area contributed by atoms with E-state index in [1.54, 1.807) is 6.07 Å². The Morgan fingerprint density at radius 2 is 2.16 bits per heavy atom. The summed E-state index contributed by atoms with van der Waals surface area (Å²) in [5.74, 6) is 1.30. The second kappa shape index (κ2) is 6.71. The van der Waals surface area contributed by atoms with Gasteiger partial charge >= 0.3 is 0 Å². The SMILES string of the molecule is CC1CCCC(CNCc2ccccc2C(N)=O)C1. The van der Waals surface area contributed by atoms with E-state index in [-0.39, 0.29) is 5.91 Å². The fraction of sp³-hybridized carbons (Fsp3) is 0.562. The maximum atomic E-state index is 11.3. The lowest BCUT2D eigenvalue weighted by molar-refractivity contribution is 0.0999. The Morgan fingerprint density at radius 1 is 1.37 bits per heavy atom. The summed E-state index contributed by atoms with van der Waals surface area (Å²) < 4.78 is 0. The third-order valence-electron chi connectivity index (χ3n) is 4.08. The van der Waals surface area contributed by atoms with Crippen LogP contribution in [0, 0.1) is 11.8 Å². The molecule has 0 aromatic heterocycles. The average molecular weight is 260 g/mol. The van der Waals surface area contributed by atoms with Crippen LogP contribution in [0.25, 0.3) is 0 Å². The van der Waals surface area contributed by atoms with Gasteiger partial charge in [0.15, 0.2) is 0 Å². The van der Waals surface area contributed by atoms with Gasteiger partial charge in [-0.25, -0.2) is 0 Å². The van der Waals surface area contributed by atoms with Crippen molar-refractivity contribution in [3.63, 3.8) is 0 Å². The molecule has 1 aromatic carbocycles. The van der Waals surface area contributed by atoms with E-state index in [2.05, 4.69) is 12.2 Å². The van der Waals surface area contributed by atoms with Gasteiger partial charge in [0.05, 0.1) is 0 Å². The van der Waals surface area contributed by atoms with Gasteiger partial charge in [-0.3, -0.25) is 4.79 Å². The van der Waals surface area contributed by atoms with Crippen molar-refractivity contribution in [2.75, 3.05) is 6.54 Å². The Kier molecular flexibility index (Phi) is 4.97. The Labute approximate surface area is 115 Å². The van der Waals surface area contributed by atoms with E-state index in [1.807, 2.05) is 18.2 Å². The summed E-state index contributed by atoms with van der Waals surface area (Å²) in [6, 6.07) is 7.57. The molecular formula is C16H24N2O. The average Bonchev–Trinajstić information content (AvgIpc) is 2.39. The maximum absolute atomic E-state index is 11.3. The van der Waals surface area contributed by atoms with Gasteiger partial charge in [0.2, 0.25) is 5.91 Å². The van der Waals surface area contributed by atoms with E-state index in [0.717, 1.165) is 30.5 Å². The molecule has 3 nitrogen and oxygen atoms in total. The van der Waals surface area contributed by atoms with E-state index in [4.69, 9.17) is 5.73 Å². The molecule has 2 unspecified atom stereocenters. The molecule has 0 bridgehead atoms. The molecule has 2 rings (SSSR count). The minimum Gasteiger partial charge on any atom is -0.366 e. The molecule has 104 valence electrons. The number of benzene rings is 1. The van der Waals surface area contributed by atoms with Gasteiger partial charge < -0.3 is 11.1 Å². The summed E-state index contributed by atoms with van der Waals surface area (Å²) in [6.45, 7) is 4.11. The molecule has 0 aliphatic heterocycles. The molecule has 3 heteroatoms. The molecule has 1 fully saturated rings. The molecule has 2 atom stereocenters. The number of hydrogen-bond donors (Lipinski definition) is 2. The van der Waals surface area contributed by atoms with E-state index >= 15 is 0 Å². The predicted molar refractivity (Wildman–Crippen MR) is 77.8 cm³/mol. The van der Waals surface area contributed by atoms with Crippen molar-refractivity contribution in [1.29, 1.82) is 0 Å². The Bertz CT molecular complexity index is 431. The number of rotatable bonds is 5. The zero-order valence-electron chi connectivity index (χ0n) is 11.7. The van der Waals surface area contributed by atoms with Gasteiger partial charge in [-0.15, -0.1) is 0 Å². The maximum Gasteiger partial charge on any atom is 0.249 e. The van der Waals surface area contributed by atoms with Crippen molar-refractivity contribution < 1.29 is 4.79 Å². The van der Waals surface area contributed by atoms with Gasteiger partial charge in [-0.1, -0.05) is 38.0 Å². The van der Waals surface area contributed by atoms with Crippen molar-refractivity contribution >= 4 is 5.91 Å². The molecule has 1 amide bonds. The van der Waals surface area contributed by atoms with Crippen LogP contribution in [0.2, 0.25) is 0 Å². The molecule has 0 heterocycles. The highest BCUT2D eigenvalue weighted by Gasteiger charge is 2.18. The Hall–Kier alpha value is -1.35. The molecule has 0 radical (unpaired) electrons. The van der Waals surface area contributed by atoms with Gasteiger partial charge in [0, 0.05) is 12.1 Å². The predicted octanol–water partition coefficient (Wildman–Crippen LogP) is 2.70. The lowest BCUT2D eigenvalue weighted by Gasteiger charge is -2.27. The zero-order valence-corrected chi connectivity index (χ0v) is 11.7. The molecule has 1 aliphatic carbocycles. The highest BCUT2D eigenvalue weighted by molar-refractivity contribution is 5.94. The Morgan fingerprint density at radius 3 is 2.89 bits per heavy atom. The number of carbonyl (C=O) groups is 1. The van der Waals surface area contributed by atoms with E-state index in [0.29, 0.717) is 5.56 Å². The number of hydrogen-bond acceptors (Lipinski definition) is 2. The minimum absolute atomic E-state index is 0.344. The third-order valence-corrected chi connectivity index (χ3v) is 4.08. The lowest BCUT2D eigenvalue weighted by atomic mass is 9.82. The van der Waals surface area contributed by atoms with Crippen molar-refractivity contribution in [2.24, 2.45) is 17.6 Å². The van der Waals surface area contributed by atoms with Crippen LogP contribution < -0.4 is 11.1 Å². The first-order valence-electron chi connectivity index (χ1n) is 7.25. The van der Waals surface area contributed by atoms with E-state index in [1.165, 1.54) is 25.7 Å². The normalized spacial score (nSPS) is 23.2. The fourth-order valence-electron chi connectivity index (χ4n) is 3.07. The lowest BCUT2D eigenvalue weighted by Crippen LogP contribution is -2.27. The summed E-state index contributed by atoms with van der Waals surface area (Å²) in [4.78, 5) is 11.3. The van der Waals surface area contributed by atoms with Crippen LogP contribution in [-0.2, 0) is 6.54 Å².